The zero-order valence-corrected chi connectivity index (χ0v) is 16.6. The summed E-state index contributed by atoms with van der Waals surface area (Å²) >= 11 is 0. The molecular weight excluding hydrogens is 374 g/mol. The van der Waals surface area contributed by atoms with Gasteiger partial charge in [-0.1, -0.05) is 6.07 Å². The van der Waals surface area contributed by atoms with Crippen molar-refractivity contribution in [2.45, 2.75) is 19.3 Å². The molecule has 4 rings (SSSR count). The molecule has 0 bridgehead atoms. The number of amides is 1. The van der Waals surface area contributed by atoms with Gasteiger partial charge < -0.3 is 19.5 Å². The van der Waals surface area contributed by atoms with Gasteiger partial charge >= 0.3 is 0 Å². The Morgan fingerprint density at radius 3 is 2.45 bits per heavy atom. The van der Waals surface area contributed by atoms with Crippen LogP contribution in [0.1, 0.15) is 29.2 Å². The first-order valence-electron chi connectivity index (χ1n) is 9.04. The fourth-order valence-corrected chi connectivity index (χ4v) is 3.76. The first-order valence-corrected chi connectivity index (χ1v) is 9.04. The third kappa shape index (κ3) is 3.04. The Labute approximate surface area is 167 Å². The van der Waals surface area contributed by atoms with Crippen molar-refractivity contribution in [2.24, 2.45) is 0 Å². The van der Waals surface area contributed by atoms with E-state index in [0.29, 0.717) is 29.0 Å². The van der Waals surface area contributed by atoms with E-state index in [4.69, 9.17) is 14.2 Å². The lowest BCUT2D eigenvalue weighted by Gasteiger charge is -2.26. The topological polar surface area (TPSA) is 100 Å². The highest BCUT2D eigenvalue weighted by atomic mass is 16.5. The number of benzene rings is 1. The number of methoxy groups -OCH3 is 3. The van der Waals surface area contributed by atoms with E-state index in [1.165, 1.54) is 0 Å². The maximum Gasteiger partial charge on any atom is 0.252 e. The van der Waals surface area contributed by atoms with Crippen LogP contribution in [0, 0.1) is 6.92 Å². The quantitative estimate of drug-likeness (QED) is 0.708. The fraction of sp³-hybridized carbons (Fsp3) is 0.300. The van der Waals surface area contributed by atoms with Gasteiger partial charge in [0, 0.05) is 35.9 Å². The molecule has 1 aliphatic rings. The van der Waals surface area contributed by atoms with Gasteiger partial charge in [-0.15, -0.1) is 0 Å². The zero-order chi connectivity index (χ0) is 20.5. The Morgan fingerprint density at radius 2 is 1.79 bits per heavy atom. The highest BCUT2D eigenvalue weighted by molar-refractivity contribution is 5.95. The molecule has 150 valence electrons. The highest BCUT2D eigenvalue weighted by Crippen LogP contribution is 2.48. The molecule has 1 aromatic carbocycles. The number of nitrogens with one attached hydrogen (secondary N) is 1. The first kappa shape index (κ1) is 18.7. The van der Waals surface area contributed by atoms with Gasteiger partial charge in [-0.05, 0) is 19.1 Å². The predicted octanol–water partition coefficient (Wildman–Crippen LogP) is 2.47. The van der Waals surface area contributed by atoms with E-state index in [1.807, 2.05) is 19.1 Å². The number of aryl methyl sites for hydroxylation is 1. The fourth-order valence-electron chi connectivity index (χ4n) is 3.76. The van der Waals surface area contributed by atoms with Crippen molar-refractivity contribution >= 4 is 11.7 Å². The van der Waals surface area contributed by atoms with Crippen LogP contribution >= 0.6 is 0 Å². The van der Waals surface area contributed by atoms with E-state index in [-0.39, 0.29) is 18.2 Å². The molecule has 1 atom stereocenters. The number of ether oxygens (including phenoxy) is 3. The van der Waals surface area contributed by atoms with Crippen LogP contribution in [0.25, 0.3) is 5.95 Å². The lowest BCUT2D eigenvalue weighted by atomic mass is 9.85. The molecule has 3 aromatic rings. The van der Waals surface area contributed by atoms with Crippen LogP contribution in [0.5, 0.6) is 17.2 Å². The summed E-state index contributed by atoms with van der Waals surface area (Å²) in [6.45, 7) is 1.90. The number of fused-ring (bicyclic) bond motifs is 1. The lowest BCUT2D eigenvalue weighted by Crippen LogP contribution is -2.25. The number of aromatic nitrogens is 4. The van der Waals surface area contributed by atoms with Gasteiger partial charge in [0.1, 0.15) is 5.82 Å². The molecule has 1 aliphatic heterocycles. The molecule has 29 heavy (non-hydrogen) atoms. The first-order chi connectivity index (χ1) is 14.1. The minimum Gasteiger partial charge on any atom is -0.493 e. The maximum absolute atomic E-state index is 12.6. The third-order valence-corrected chi connectivity index (χ3v) is 4.95. The van der Waals surface area contributed by atoms with Crippen LogP contribution in [-0.2, 0) is 4.79 Å². The van der Waals surface area contributed by atoms with E-state index in [2.05, 4.69) is 20.4 Å². The van der Waals surface area contributed by atoms with Crippen LogP contribution in [0.15, 0.2) is 30.6 Å². The van der Waals surface area contributed by atoms with Gasteiger partial charge in [-0.3, -0.25) is 4.79 Å². The van der Waals surface area contributed by atoms with Gasteiger partial charge in [0.25, 0.3) is 5.95 Å². The standard InChI is InChI=1S/C20H21N5O4/c1-11-16-13(12-6-7-14(27-2)18(29-4)17(12)28-3)10-15(26)23-19(16)25(24-11)20-21-8-5-9-22-20/h5-9,13H,10H2,1-4H3,(H,23,26). The summed E-state index contributed by atoms with van der Waals surface area (Å²) in [6.07, 6.45) is 3.51. The second-order valence-corrected chi connectivity index (χ2v) is 6.54. The van der Waals surface area contributed by atoms with Crippen LogP contribution in [0.4, 0.5) is 5.82 Å². The Balaban J connectivity index is 1.91. The molecule has 0 radical (unpaired) electrons. The van der Waals surface area contributed by atoms with Crippen molar-refractivity contribution in [3.05, 3.63) is 47.4 Å². The monoisotopic (exact) mass is 395 g/mol. The summed E-state index contributed by atoms with van der Waals surface area (Å²) in [7, 11) is 4.69. The summed E-state index contributed by atoms with van der Waals surface area (Å²) in [6, 6.07) is 5.42. The smallest absolute Gasteiger partial charge is 0.252 e. The molecule has 1 N–H and O–H groups in total. The SMILES string of the molecule is COc1ccc(C2CC(=O)Nc3c2c(C)nn3-c2ncccn2)c(OC)c1OC. The summed E-state index contributed by atoms with van der Waals surface area (Å²) < 4.78 is 18.1. The molecule has 3 heterocycles. The number of carbonyl (C=O) groups excluding carboxylic acids is 1. The minimum absolute atomic E-state index is 0.128. The Morgan fingerprint density at radius 1 is 1.07 bits per heavy atom. The molecule has 0 saturated heterocycles. The van der Waals surface area contributed by atoms with Gasteiger partial charge in [0.15, 0.2) is 11.5 Å². The van der Waals surface area contributed by atoms with Crippen LogP contribution in [0.2, 0.25) is 0 Å². The second-order valence-electron chi connectivity index (χ2n) is 6.54. The minimum atomic E-state index is -0.272. The number of hydrogen-bond donors (Lipinski definition) is 1. The number of hydrogen-bond acceptors (Lipinski definition) is 7. The Bertz CT molecular complexity index is 1060. The Hall–Kier alpha value is -3.62. The van der Waals surface area contributed by atoms with E-state index in [9.17, 15) is 4.79 Å². The van der Waals surface area contributed by atoms with Gasteiger partial charge in [0.05, 0.1) is 27.0 Å². The van der Waals surface area contributed by atoms with Crippen molar-refractivity contribution < 1.29 is 19.0 Å². The molecule has 9 heteroatoms. The predicted molar refractivity (Wildman–Crippen MR) is 105 cm³/mol. The van der Waals surface area contributed by atoms with Crippen molar-refractivity contribution in [1.29, 1.82) is 0 Å². The molecule has 1 unspecified atom stereocenters. The molecule has 2 aromatic heterocycles. The normalized spacial score (nSPS) is 15.4. The summed E-state index contributed by atoms with van der Waals surface area (Å²) in [4.78, 5) is 21.1. The lowest BCUT2D eigenvalue weighted by molar-refractivity contribution is -0.116. The molecule has 0 fully saturated rings. The molecule has 0 aliphatic carbocycles. The molecular formula is C20H21N5O4. The second kappa shape index (κ2) is 7.42. The average Bonchev–Trinajstić information content (AvgIpc) is 3.08. The van der Waals surface area contributed by atoms with E-state index in [1.54, 1.807) is 44.5 Å². The molecule has 0 spiro atoms. The van der Waals surface area contributed by atoms with Crippen molar-refractivity contribution in [1.82, 2.24) is 19.7 Å². The van der Waals surface area contributed by atoms with Crippen molar-refractivity contribution in [3.63, 3.8) is 0 Å². The third-order valence-electron chi connectivity index (χ3n) is 4.95. The van der Waals surface area contributed by atoms with E-state index in [0.717, 1.165) is 16.8 Å². The number of nitrogens with zero attached hydrogens (tertiary/aromatic N) is 4. The van der Waals surface area contributed by atoms with Gasteiger partial charge in [-0.25, -0.2) is 9.97 Å². The summed E-state index contributed by atoms with van der Waals surface area (Å²) in [5.74, 6) is 2.11. The number of carbonyl (C=O) groups is 1. The van der Waals surface area contributed by atoms with E-state index < -0.39 is 0 Å². The van der Waals surface area contributed by atoms with E-state index >= 15 is 0 Å². The number of anilines is 1. The number of rotatable bonds is 5. The van der Waals surface area contributed by atoms with Gasteiger partial charge in [0.2, 0.25) is 11.7 Å². The molecule has 1 amide bonds. The largest absolute Gasteiger partial charge is 0.493 e. The summed E-state index contributed by atoms with van der Waals surface area (Å²) in [5, 5.41) is 7.51. The highest BCUT2D eigenvalue weighted by Gasteiger charge is 2.35. The van der Waals surface area contributed by atoms with Crippen molar-refractivity contribution in [3.8, 4) is 23.2 Å². The Kier molecular flexibility index (Phi) is 4.79. The zero-order valence-electron chi connectivity index (χ0n) is 16.6. The van der Waals surface area contributed by atoms with Crippen molar-refractivity contribution in [2.75, 3.05) is 26.6 Å². The summed E-state index contributed by atoms with van der Waals surface area (Å²) in [5.41, 5.74) is 2.48. The average molecular weight is 395 g/mol. The van der Waals surface area contributed by atoms with Gasteiger partial charge in [-0.2, -0.15) is 9.78 Å². The molecule has 9 nitrogen and oxygen atoms in total. The maximum atomic E-state index is 12.6. The molecule has 0 saturated carbocycles. The van der Waals surface area contributed by atoms with Crippen LogP contribution in [-0.4, -0.2) is 47.0 Å². The van der Waals surface area contributed by atoms with Crippen LogP contribution < -0.4 is 19.5 Å². The van der Waals surface area contributed by atoms with Crippen LogP contribution in [0.3, 0.4) is 0 Å².